The van der Waals surface area contributed by atoms with E-state index in [0.29, 0.717) is 5.75 Å². The van der Waals surface area contributed by atoms with E-state index >= 15 is 0 Å². The molecule has 0 radical (unpaired) electrons. The van der Waals surface area contributed by atoms with Crippen LogP contribution in [0.5, 0.6) is 0 Å². The molecule has 0 aromatic heterocycles. The van der Waals surface area contributed by atoms with Crippen LogP contribution in [0.1, 0.15) is 30.6 Å². The van der Waals surface area contributed by atoms with Crippen LogP contribution in [0, 0.1) is 10.1 Å². The predicted octanol–water partition coefficient (Wildman–Crippen LogP) is 1.15. The minimum absolute atomic E-state index is 0.0837. The normalized spacial score (nSPS) is 13.7. The first-order chi connectivity index (χ1) is 9.86. The topological polar surface area (TPSA) is 121 Å². The molecule has 0 heterocycles. The van der Waals surface area contributed by atoms with Crippen molar-refractivity contribution in [3.8, 4) is 0 Å². The van der Waals surface area contributed by atoms with Crippen molar-refractivity contribution < 1.29 is 25.0 Å². The molecular formula is C13H17NO6S. The average Bonchev–Trinajstić information content (AvgIpc) is 2.45. The number of carbonyl (C=O) groups is 1. The molecule has 2 atom stereocenters. The molecule has 1 aromatic carbocycles. The lowest BCUT2D eigenvalue weighted by Gasteiger charge is -2.18. The summed E-state index contributed by atoms with van der Waals surface area (Å²) in [6.45, 7) is 0.926. The van der Waals surface area contributed by atoms with Gasteiger partial charge in [0.15, 0.2) is 5.12 Å². The smallest absolute Gasteiger partial charge is 0.275 e. The number of nitrogens with zero attached hydrogens (tertiary/aromatic N) is 1. The van der Waals surface area contributed by atoms with Gasteiger partial charge in [0.05, 0.1) is 23.2 Å². The standard InChI is InChI=1S/C13H17NO6S/c1-8(16)21-5-4-12(17)13(18)9-2-3-10(7-15)11(6-9)14(19)20/h2-3,6,12-13,15,17-18H,4-5,7H2,1H3. The van der Waals surface area contributed by atoms with Crippen molar-refractivity contribution in [2.45, 2.75) is 32.2 Å². The Balaban J connectivity index is 2.81. The van der Waals surface area contributed by atoms with Crippen LogP contribution in [-0.4, -0.2) is 37.2 Å². The number of aliphatic hydroxyl groups is 3. The molecule has 0 spiro atoms. The first kappa shape index (κ1) is 17.6. The highest BCUT2D eigenvalue weighted by molar-refractivity contribution is 8.13. The van der Waals surface area contributed by atoms with E-state index in [1.165, 1.54) is 19.1 Å². The van der Waals surface area contributed by atoms with E-state index in [-0.39, 0.29) is 28.4 Å². The zero-order valence-corrected chi connectivity index (χ0v) is 12.2. The molecule has 1 rings (SSSR count). The number of nitro groups is 1. The molecule has 7 nitrogen and oxygen atoms in total. The van der Waals surface area contributed by atoms with E-state index in [9.17, 15) is 25.1 Å². The zero-order chi connectivity index (χ0) is 16.0. The lowest BCUT2D eigenvalue weighted by Crippen LogP contribution is -2.19. The number of hydrogen-bond acceptors (Lipinski definition) is 7. The summed E-state index contributed by atoms with van der Waals surface area (Å²) in [4.78, 5) is 21.0. The van der Waals surface area contributed by atoms with Gasteiger partial charge in [0.2, 0.25) is 0 Å². The fourth-order valence-electron chi connectivity index (χ4n) is 1.77. The second kappa shape index (κ2) is 8.08. The Morgan fingerprint density at radius 2 is 2.10 bits per heavy atom. The summed E-state index contributed by atoms with van der Waals surface area (Å²) in [6.07, 6.45) is -2.23. The summed E-state index contributed by atoms with van der Waals surface area (Å²) in [5.74, 6) is 0.352. The number of carbonyl (C=O) groups excluding carboxylic acids is 1. The first-order valence-electron chi connectivity index (χ1n) is 6.24. The fraction of sp³-hybridized carbons (Fsp3) is 0.462. The van der Waals surface area contributed by atoms with E-state index in [1.54, 1.807) is 0 Å². The number of rotatable bonds is 7. The van der Waals surface area contributed by atoms with Crippen molar-refractivity contribution in [3.63, 3.8) is 0 Å². The molecule has 116 valence electrons. The minimum atomic E-state index is -1.29. The summed E-state index contributed by atoms with van der Waals surface area (Å²) in [5.41, 5.74) is 0.0242. The molecule has 8 heteroatoms. The Kier molecular flexibility index (Phi) is 6.76. The summed E-state index contributed by atoms with van der Waals surface area (Å²) < 4.78 is 0. The molecule has 0 bridgehead atoms. The van der Waals surface area contributed by atoms with E-state index in [0.717, 1.165) is 17.8 Å². The molecule has 0 saturated heterocycles. The Labute approximate surface area is 125 Å². The van der Waals surface area contributed by atoms with Gasteiger partial charge in [-0.3, -0.25) is 14.9 Å². The Morgan fingerprint density at radius 3 is 2.62 bits per heavy atom. The van der Waals surface area contributed by atoms with Gasteiger partial charge < -0.3 is 15.3 Å². The maximum absolute atomic E-state index is 10.9. The number of benzene rings is 1. The highest BCUT2D eigenvalue weighted by Gasteiger charge is 2.22. The molecular weight excluding hydrogens is 298 g/mol. The Bertz CT molecular complexity index is 521. The largest absolute Gasteiger partial charge is 0.391 e. The molecule has 0 aliphatic carbocycles. The molecule has 0 fully saturated rings. The summed E-state index contributed by atoms with van der Waals surface area (Å²) >= 11 is 1.04. The van der Waals surface area contributed by atoms with Crippen LogP contribution in [-0.2, 0) is 11.4 Å². The summed E-state index contributed by atoms with van der Waals surface area (Å²) in [5, 5.41) is 39.7. The second-order valence-electron chi connectivity index (χ2n) is 4.44. The minimum Gasteiger partial charge on any atom is -0.391 e. The third-order valence-electron chi connectivity index (χ3n) is 2.90. The molecule has 0 aliphatic rings. The molecule has 0 saturated carbocycles. The third-order valence-corrected chi connectivity index (χ3v) is 3.75. The maximum atomic E-state index is 10.9. The molecule has 2 unspecified atom stereocenters. The molecule has 0 aliphatic heterocycles. The lowest BCUT2D eigenvalue weighted by molar-refractivity contribution is -0.386. The van der Waals surface area contributed by atoms with E-state index in [2.05, 4.69) is 0 Å². The Hall–Kier alpha value is -1.48. The van der Waals surface area contributed by atoms with Crippen LogP contribution in [0.4, 0.5) is 5.69 Å². The zero-order valence-electron chi connectivity index (χ0n) is 11.4. The van der Waals surface area contributed by atoms with Crippen molar-refractivity contribution in [2.24, 2.45) is 0 Å². The van der Waals surface area contributed by atoms with Gasteiger partial charge in [-0.1, -0.05) is 17.8 Å². The first-order valence-corrected chi connectivity index (χ1v) is 7.23. The second-order valence-corrected chi connectivity index (χ2v) is 5.72. The maximum Gasteiger partial charge on any atom is 0.275 e. The van der Waals surface area contributed by atoms with Crippen LogP contribution >= 0.6 is 11.8 Å². The van der Waals surface area contributed by atoms with Crippen LogP contribution in [0.15, 0.2) is 18.2 Å². The van der Waals surface area contributed by atoms with Crippen molar-refractivity contribution in [1.82, 2.24) is 0 Å². The van der Waals surface area contributed by atoms with Crippen LogP contribution in [0.25, 0.3) is 0 Å². The molecule has 3 N–H and O–H groups in total. The third kappa shape index (κ3) is 5.09. The van der Waals surface area contributed by atoms with E-state index < -0.39 is 23.7 Å². The highest BCUT2D eigenvalue weighted by atomic mass is 32.2. The van der Waals surface area contributed by atoms with Gasteiger partial charge in [0.1, 0.15) is 6.10 Å². The van der Waals surface area contributed by atoms with Crippen molar-refractivity contribution >= 4 is 22.6 Å². The van der Waals surface area contributed by atoms with Gasteiger partial charge in [0, 0.05) is 18.7 Å². The highest BCUT2D eigenvalue weighted by Crippen LogP contribution is 2.27. The number of aliphatic hydroxyl groups excluding tert-OH is 3. The number of hydrogen-bond donors (Lipinski definition) is 3. The van der Waals surface area contributed by atoms with Gasteiger partial charge in [-0.15, -0.1) is 0 Å². The quantitative estimate of drug-likeness (QED) is 0.510. The van der Waals surface area contributed by atoms with E-state index in [1.807, 2.05) is 0 Å². The monoisotopic (exact) mass is 315 g/mol. The van der Waals surface area contributed by atoms with Crippen molar-refractivity contribution in [2.75, 3.05) is 5.75 Å². The SMILES string of the molecule is CC(=O)SCCC(O)C(O)c1ccc(CO)c([N+](=O)[O-])c1. The van der Waals surface area contributed by atoms with Crippen LogP contribution < -0.4 is 0 Å². The Morgan fingerprint density at radius 1 is 1.43 bits per heavy atom. The lowest BCUT2D eigenvalue weighted by atomic mass is 10.00. The summed E-state index contributed by atoms with van der Waals surface area (Å²) in [7, 11) is 0. The average molecular weight is 315 g/mol. The van der Waals surface area contributed by atoms with Gasteiger partial charge in [-0.25, -0.2) is 0 Å². The van der Waals surface area contributed by atoms with Crippen molar-refractivity contribution in [3.05, 3.63) is 39.4 Å². The van der Waals surface area contributed by atoms with Crippen LogP contribution in [0.3, 0.4) is 0 Å². The summed E-state index contributed by atoms with van der Waals surface area (Å²) in [6, 6.07) is 3.90. The van der Waals surface area contributed by atoms with Crippen LogP contribution in [0.2, 0.25) is 0 Å². The molecule has 0 amide bonds. The van der Waals surface area contributed by atoms with E-state index in [4.69, 9.17) is 5.11 Å². The van der Waals surface area contributed by atoms with Gasteiger partial charge in [-0.2, -0.15) is 0 Å². The number of nitro benzene ring substituents is 1. The number of thioether (sulfide) groups is 1. The fourth-order valence-corrected chi connectivity index (χ4v) is 2.42. The molecule has 21 heavy (non-hydrogen) atoms. The van der Waals surface area contributed by atoms with Gasteiger partial charge in [-0.05, 0) is 18.1 Å². The molecule has 1 aromatic rings. The van der Waals surface area contributed by atoms with Crippen molar-refractivity contribution in [1.29, 1.82) is 0 Å². The van der Waals surface area contributed by atoms with Gasteiger partial charge in [0.25, 0.3) is 5.69 Å². The van der Waals surface area contributed by atoms with Gasteiger partial charge >= 0.3 is 0 Å². The predicted molar refractivity (Wildman–Crippen MR) is 77.7 cm³/mol.